The van der Waals surface area contributed by atoms with Gasteiger partial charge in [-0.2, -0.15) is 0 Å². The van der Waals surface area contributed by atoms with Crippen LogP contribution in [-0.2, 0) is 47.6 Å². The SMILES string of the molecule is CC(=O)OC[C@H]1O[C@H](OCC2=CCC(C(C)C)CC2)[C@H](OC(C)=O)[C@@H](OC(C)=O)[C@@H]1OC(C)=O. The number of hydrogen-bond acceptors (Lipinski definition) is 10. The minimum atomic E-state index is -1.23. The number of hydrogen-bond donors (Lipinski definition) is 0. The third-order valence-electron chi connectivity index (χ3n) is 5.87. The summed E-state index contributed by atoms with van der Waals surface area (Å²) in [5.41, 5.74) is 1.09. The third kappa shape index (κ3) is 8.39. The van der Waals surface area contributed by atoms with E-state index in [1.807, 2.05) is 0 Å². The molecule has 0 aromatic rings. The van der Waals surface area contributed by atoms with E-state index in [4.69, 9.17) is 28.4 Å². The third-order valence-corrected chi connectivity index (χ3v) is 5.87. The number of rotatable bonds is 9. The zero-order valence-electron chi connectivity index (χ0n) is 20.7. The molecule has 0 spiro atoms. The summed E-state index contributed by atoms with van der Waals surface area (Å²) in [4.78, 5) is 46.9. The van der Waals surface area contributed by atoms with Crippen molar-refractivity contribution in [3.63, 3.8) is 0 Å². The monoisotopic (exact) mass is 484 g/mol. The van der Waals surface area contributed by atoms with Crippen LogP contribution in [0.5, 0.6) is 0 Å². The van der Waals surface area contributed by atoms with E-state index in [9.17, 15) is 19.2 Å². The van der Waals surface area contributed by atoms with Gasteiger partial charge in [-0.1, -0.05) is 19.9 Å². The van der Waals surface area contributed by atoms with Gasteiger partial charge in [-0.25, -0.2) is 0 Å². The molecule has 34 heavy (non-hydrogen) atoms. The van der Waals surface area contributed by atoms with Crippen LogP contribution in [0.4, 0.5) is 0 Å². The smallest absolute Gasteiger partial charge is 0.303 e. The first-order valence-electron chi connectivity index (χ1n) is 11.6. The van der Waals surface area contributed by atoms with E-state index in [0.29, 0.717) is 11.8 Å². The highest BCUT2D eigenvalue weighted by Crippen LogP contribution is 2.32. The summed E-state index contributed by atoms with van der Waals surface area (Å²) in [6.45, 7) is 9.13. The number of allylic oxidation sites excluding steroid dienone is 1. The Balaban J connectivity index is 2.27. The van der Waals surface area contributed by atoms with Crippen molar-refractivity contribution >= 4 is 23.9 Å². The Kier molecular flexibility index (Phi) is 10.5. The second-order valence-corrected chi connectivity index (χ2v) is 9.02. The molecule has 1 saturated heterocycles. The van der Waals surface area contributed by atoms with Crippen molar-refractivity contribution in [1.82, 2.24) is 0 Å². The molecular formula is C24H36O10. The second kappa shape index (κ2) is 12.9. The summed E-state index contributed by atoms with van der Waals surface area (Å²) >= 11 is 0. The zero-order valence-corrected chi connectivity index (χ0v) is 20.7. The molecule has 0 amide bonds. The van der Waals surface area contributed by atoms with E-state index in [2.05, 4.69) is 19.9 Å². The van der Waals surface area contributed by atoms with Crippen LogP contribution in [0.15, 0.2) is 11.6 Å². The summed E-state index contributed by atoms with van der Waals surface area (Å²) in [7, 11) is 0. The van der Waals surface area contributed by atoms with Gasteiger partial charge in [-0.3, -0.25) is 19.2 Å². The minimum absolute atomic E-state index is 0.221. The Morgan fingerprint density at radius 1 is 0.912 bits per heavy atom. The van der Waals surface area contributed by atoms with Crippen molar-refractivity contribution in [3.8, 4) is 0 Å². The minimum Gasteiger partial charge on any atom is -0.463 e. The summed E-state index contributed by atoms with van der Waals surface area (Å²) in [5.74, 6) is -1.36. The molecule has 0 radical (unpaired) electrons. The largest absolute Gasteiger partial charge is 0.463 e. The average molecular weight is 485 g/mol. The van der Waals surface area contributed by atoms with Crippen LogP contribution in [0.3, 0.4) is 0 Å². The highest BCUT2D eigenvalue weighted by atomic mass is 16.7. The molecule has 2 rings (SSSR count). The van der Waals surface area contributed by atoms with Crippen molar-refractivity contribution in [2.75, 3.05) is 13.2 Å². The first-order chi connectivity index (χ1) is 16.0. The molecule has 1 unspecified atom stereocenters. The van der Waals surface area contributed by atoms with Crippen LogP contribution in [0.1, 0.15) is 60.8 Å². The van der Waals surface area contributed by atoms with Crippen LogP contribution in [-0.4, -0.2) is 67.8 Å². The Labute approximate surface area is 200 Å². The lowest BCUT2D eigenvalue weighted by molar-refractivity contribution is -0.306. The van der Waals surface area contributed by atoms with E-state index >= 15 is 0 Å². The normalized spacial score (nSPS) is 29.1. The fourth-order valence-electron chi connectivity index (χ4n) is 4.16. The van der Waals surface area contributed by atoms with Crippen LogP contribution in [0.2, 0.25) is 0 Å². The maximum absolute atomic E-state index is 11.9. The van der Waals surface area contributed by atoms with Gasteiger partial charge in [-0.15, -0.1) is 0 Å². The molecule has 1 aliphatic carbocycles. The molecule has 0 aromatic carbocycles. The number of carbonyl (C=O) groups excluding carboxylic acids is 4. The number of ether oxygens (including phenoxy) is 6. The van der Waals surface area contributed by atoms with E-state index in [1.165, 1.54) is 27.7 Å². The number of esters is 4. The molecule has 0 N–H and O–H groups in total. The van der Waals surface area contributed by atoms with Gasteiger partial charge < -0.3 is 28.4 Å². The molecule has 10 nitrogen and oxygen atoms in total. The van der Waals surface area contributed by atoms with Gasteiger partial charge in [0.05, 0.1) is 6.61 Å². The molecule has 0 bridgehead atoms. The predicted molar refractivity (Wildman–Crippen MR) is 118 cm³/mol. The fraction of sp³-hybridized carbons (Fsp3) is 0.750. The average Bonchev–Trinajstić information content (AvgIpc) is 2.73. The summed E-state index contributed by atoms with van der Waals surface area (Å²) in [5, 5.41) is 0. The first-order valence-corrected chi connectivity index (χ1v) is 11.6. The van der Waals surface area contributed by atoms with E-state index in [-0.39, 0.29) is 13.2 Å². The maximum atomic E-state index is 11.9. The van der Waals surface area contributed by atoms with Gasteiger partial charge in [0.2, 0.25) is 0 Å². The molecule has 6 atom stereocenters. The van der Waals surface area contributed by atoms with Gasteiger partial charge >= 0.3 is 23.9 Å². The summed E-state index contributed by atoms with van der Waals surface area (Å²) < 4.78 is 33.2. The van der Waals surface area contributed by atoms with Gasteiger partial charge in [-0.05, 0) is 36.7 Å². The standard InChI is InChI=1S/C24H36O10/c1-13(2)19-9-7-18(8-10-19)11-30-24-23(33-17(6)28)22(32-16(5)27)21(31-15(4)26)20(34-24)12-29-14(3)25/h7,13,19-24H,8-12H2,1-6H3/t19?,20-,21-,22+,23-,24+/m1/s1. The van der Waals surface area contributed by atoms with Gasteiger partial charge in [0, 0.05) is 27.7 Å². The molecular weight excluding hydrogens is 448 g/mol. The van der Waals surface area contributed by atoms with Crippen LogP contribution in [0, 0.1) is 11.8 Å². The number of carbonyl (C=O) groups is 4. The molecule has 1 fully saturated rings. The lowest BCUT2D eigenvalue weighted by Crippen LogP contribution is -2.63. The lowest BCUT2D eigenvalue weighted by atomic mass is 9.82. The molecule has 2 aliphatic rings. The first kappa shape index (κ1) is 27.8. The van der Waals surface area contributed by atoms with E-state index < -0.39 is 54.6 Å². The lowest BCUT2D eigenvalue weighted by Gasteiger charge is -2.44. The Morgan fingerprint density at radius 3 is 2.00 bits per heavy atom. The molecule has 0 aromatic heterocycles. The van der Waals surface area contributed by atoms with Crippen LogP contribution < -0.4 is 0 Å². The maximum Gasteiger partial charge on any atom is 0.303 e. The molecule has 1 heterocycles. The van der Waals surface area contributed by atoms with Crippen molar-refractivity contribution in [3.05, 3.63) is 11.6 Å². The zero-order chi connectivity index (χ0) is 25.4. The Bertz CT molecular complexity index is 774. The van der Waals surface area contributed by atoms with E-state index in [0.717, 1.165) is 24.8 Å². The van der Waals surface area contributed by atoms with Gasteiger partial charge in [0.1, 0.15) is 12.7 Å². The second-order valence-electron chi connectivity index (χ2n) is 9.02. The predicted octanol–water partition coefficient (Wildman–Crippen LogP) is 2.47. The van der Waals surface area contributed by atoms with Crippen molar-refractivity contribution in [2.24, 2.45) is 11.8 Å². The quantitative estimate of drug-likeness (QED) is 0.274. The molecule has 0 saturated carbocycles. The highest BCUT2D eigenvalue weighted by Gasteiger charge is 2.52. The van der Waals surface area contributed by atoms with Crippen molar-refractivity contribution in [1.29, 1.82) is 0 Å². The summed E-state index contributed by atoms with van der Waals surface area (Å²) in [6.07, 6.45) is -0.759. The molecule has 192 valence electrons. The van der Waals surface area contributed by atoms with Gasteiger partial charge in [0.15, 0.2) is 24.6 Å². The molecule has 1 aliphatic heterocycles. The summed E-state index contributed by atoms with van der Waals surface area (Å²) in [6, 6.07) is 0. The van der Waals surface area contributed by atoms with Gasteiger partial charge in [0.25, 0.3) is 0 Å². The Hall–Kier alpha value is -2.46. The highest BCUT2D eigenvalue weighted by molar-refractivity contribution is 5.68. The fourth-order valence-corrected chi connectivity index (χ4v) is 4.16. The van der Waals surface area contributed by atoms with E-state index in [1.54, 1.807) is 0 Å². The topological polar surface area (TPSA) is 124 Å². The van der Waals surface area contributed by atoms with Crippen LogP contribution in [0.25, 0.3) is 0 Å². The van der Waals surface area contributed by atoms with Crippen molar-refractivity contribution in [2.45, 2.75) is 91.5 Å². The molecule has 10 heteroatoms. The Morgan fingerprint density at radius 2 is 1.50 bits per heavy atom. The van der Waals surface area contributed by atoms with Crippen molar-refractivity contribution < 1.29 is 47.6 Å². The van der Waals surface area contributed by atoms with Crippen LogP contribution >= 0.6 is 0 Å².